The molecule has 1 spiro atoms. The largest absolute Gasteiger partial charge is 0.455 e. The zero-order valence-electron chi connectivity index (χ0n) is 36.5. The molecule has 1 amide bonds. The Kier molecular flexibility index (Phi) is 11.8. The molecular formula is C49H57N7O7S. The van der Waals surface area contributed by atoms with E-state index in [9.17, 15) is 28.4 Å². The minimum Gasteiger partial charge on any atom is -0.455 e. The number of nitrogens with one attached hydrogen (secondary N) is 3. The van der Waals surface area contributed by atoms with Crippen molar-refractivity contribution in [2.45, 2.75) is 101 Å². The van der Waals surface area contributed by atoms with Crippen molar-refractivity contribution in [1.82, 2.24) is 19.6 Å². The number of hydrogen-bond acceptors (Lipinski definition) is 11. The Balaban J connectivity index is 0.896. The lowest BCUT2D eigenvalue weighted by Crippen LogP contribution is -2.54. The zero-order chi connectivity index (χ0) is 44.8. The lowest BCUT2D eigenvalue weighted by atomic mass is 9.59. The number of ether oxygens (including phenoxy) is 1. The van der Waals surface area contributed by atoms with E-state index in [-0.39, 0.29) is 28.3 Å². The maximum absolute atomic E-state index is 14.0. The van der Waals surface area contributed by atoms with E-state index in [4.69, 9.17) is 4.74 Å². The van der Waals surface area contributed by atoms with Gasteiger partial charge in [0.1, 0.15) is 22.8 Å². The molecule has 5 aromatic rings. The van der Waals surface area contributed by atoms with Gasteiger partial charge in [-0.2, -0.15) is 0 Å². The number of sulfonamides is 1. The van der Waals surface area contributed by atoms with Crippen LogP contribution in [0.1, 0.15) is 106 Å². The van der Waals surface area contributed by atoms with Crippen LogP contribution < -0.4 is 19.7 Å². The van der Waals surface area contributed by atoms with Crippen LogP contribution in [0.3, 0.4) is 0 Å². The standard InChI is InChI=1S/C49H57N7O7S/c1-32(2)39-7-4-5-8-40(39)43-9-6-22-55(43)36-28-49(29-36)19-23-54(24-20-49)35-10-12-41(45(26-35)63-37-25-34-16-21-50-46(34)52-31-37)47(57)53-64(61,62)38-11-13-42(44(27-38)56(59)60)51-30-33-14-17-48(3,58)18-15-33/h4-5,7-8,10-13,16,21,25-27,31,33,36,43,51,58H,1,6,9,14-15,17-20,22-24,28-30H2,2-3H3,(H,50,52)(H,53,57)/t33?,43-,48?/m0/s1. The van der Waals surface area contributed by atoms with Gasteiger partial charge in [-0.25, -0.2) is 18.1 Å². The van der Waals surface area contributed by atoms with Gasteiger partial charge in [0.2, 0.25) is 0 Å². The molecule has 64 heavy (non-hydrogen) atoms. The lowest BCUT2D eigenvalue weighted by Gasteiger charge is -2.56. The van der Waals surface area contributed by atoms with Crippen molar-refractivity contribution in [3.05, 3.63) is 119 Å². The SMILES string of the molecule is C=C(C)c1ccccc1[C@@H]1CCCN1C1CC2(CCN(c3ccc(C(=O)NS(=O)(=O)c4ccc(NCC5CCC(C)(O)CC5)c([N+](=O)[O-])c4)c(Oc4cnc5[nH]ccc5c4)c3)CC2)C1. The number of nitrogens with zero attached hydrogens (tertiary/aromatic N) is 4. The van der Waals surface area contributed by atoms with Crippen molar-refractivity contribution >= 4 is 49.6 Å². The van der Waals surface area contributed by atoms with E-state index >= 15 is 0 Å². The predicted octanol–water partition coefficient (Wildman–Crippen LogP) is 9.35. The molecule has 4 N–H and O–H groups in total. The quantitative estimate of drug-likeness (QED) is 0.0653. The summed E-state index contributed by atoms with van der Waals surface area (Å²) >= 11 is 0. The summed E-state index contributed by atoms with van der Waals surface area (Å²) in [5.74, 6) is -0.226. The molecule has 2 aromatic heterocycles. The summed E-state index contributed by atoms with van der Waals surface area (Å²) in [5, 5.41) is 26.4. The van der Waals surface area contributed by atoms with E-state index < -0.39 is 37.0 Å². The molecule has 0 bridgehead atoms. The van der Waals surface area contributed by atoms with Crippen molar-refractivity contribution in [3.8, 4) is 11.5 Å². The fraction of sp³-hybridized carbons (Fsp3) is 0.429. The van der Waals surface area contributed by atoms with Crippen LogP contribution in [0, 0.1) is 21.4 Å². The average molecular weight is 888 g/mol. The number of H-pyrrole nitrogens is 1. The summed E-state index contributed by atoms with van der Waals surface area (Å²) in [6.45, 7) is 11.4. The van der Waals surface area contributed by atoms with Gasteiger partial charge in [0.05, 0.1) is 27.2 Å². The average Bonchev–Trinajstić information content (AvgIpc) is 3.95. The van der Waals surface area contributed by atoms with E-state index in [1.165, 1.54) is 55.1 Å². The van der Waals surface area contributed by atoms with E-state index in [0.717, 1.165) is 68.0 Å². The van der Waals surface area contributed by atoms with Crippen LogP contribution in [0.4, 0.5) is 17.1 Å². The first-order valence-electron chi connectivity index (χ1n) is 22.5. The number of nitro groups is 1. The second-order valence-electron chi connectivity index (χ2n) is 18.9. The molecule has 0 radical (unpaired) electrons. The number of amides is 1. The fourth-order valence-electron chi connectivity index (χ4n) is 10.6. The van der Waals surface area contributed by atoms with Gasteiger partial charge in [0, 0.05) is 61.1 Å². The Morgan fingerprint density at radius 1 is 1.00 bits per heavy atom. The third kappa shape index (κ3) is 8.98. The van der Waals surface area contributed by atoms with Crippen molar-refractivity contribution in [1.29, 1.82) is 0 Å². The number of carbonyl (C=O) groups excluding carboxylic acids is 1. The molecule has 2 saturated carbocycles. The Hall–Kier alpha value is -5.77. The number of allylic oxidation sites excluding steroid dienone is 1. The second kappa shape index (κ2) is 17.3. The minimum atomic E-state index is -4.57. The molecule has 9 rings (SSSR count). The molecule has 2 saturated heterocycles. The van der Waals surface area contributed by atoms with Crippen LogP contribution in [0.25, 0.3) is 16.6 Å². The molecular weight excluding hydrogens is 831 g/mol. The lowest BCUT2D eigenvalue weighted by molar-refractivity contribution is -0.384. The number of carbonyl (C=O) groups is 1. The van der Waals surface area contributed by atoms with Crippen LogP contribution in [-0.2, 0) is 10.0 Å². The molecule has 3 aromatic carbocycles. The molecule has 4 aliphatic rings. The summed E-state index contributed by atoms with van der Waals surface area (Å²) in [7, 11) is -4.57. The number of piperidine rings is 1. The molecule has 15 heteroatoms. The number of anilines is 2. The van der Waals surface area contributed by atoms with Gasteiger partial charge in [-0.05, 0) is 143 Å². The third-order valence-electron chi connectivity index (χ3n) is 14.3. The smallest absolute Gasteiger partial charge is 0.293 e. The number of aromatic amines is 1. The van der Waals surface area contributed by atoms with Gasteiger partial charge in [-0.15, -0.1) is 0 Å². The van der Waals surface area contributed by atoms with E-state index in [1.807, 2.05) is 19.1 Å². The van der Waals surface area contributed by atoms with Gasteiger partial charge in [-0.1, -0.05) is 36.4 Å². The van der Waals surface area contributed by atoms with Crippen LogP contribution in [0.2, 0.25) is 0 Å². The van der Waals surface area contributed by atoms with Gasteiger partial charge in [0.25, 0.3) is 21.6 Å². The van der Waals surface area contributed by atoms with E-state index in [2.05, 4.69) is 67.6 Å². The number of nitro benzene ring substituents is 1. The number of benzene rings is 3. The molecule has 2 aliphatic heterocycles. The predicted molar refractivity (Wildman–Crippen MR) is 248 cm³/mol. The highest BCUT2D eigenvalue weighted by Gasteiger charge is 2.50. The van der Waals surface area contributed by atoms with Crippen LogP contribution in [0.15, 0.2) is 96.7 Å². The second-order valence-corrected chi connectivity index (χ2v) is 20.6. The monoisotopic (exact) mass is 887 g/mol. The molecule has 4 fully saturated rings. The minimum absolute atomic E-state index is 0.0237. The Morgan fingerprint density at radius 3 is 2.52 bits per heavy atom. The Labute approximate surface area is 374 Å². The number of pyridine rings is 1. The molecule has 0 unspecified atom stereocenters. The topological polar surface area (TPSA) is 183 Å². The normalized spacial score (nSPS) is 22.6. The highest BCUT2D eigenvalue weighted by molar-refractivity contribution is 7.90. The van der Waals surface area contributed by atoms with E-state index in [0.29, 0.717) is 42.9 Å². The summed E-state index contributed by atoms with van der Waals surface area (Å²) < 4.78 is 36.0. The van der Waals surface area contributed by atoms with Gasteiger partial charge in [-0.3, -0.25) is 19.8 Å². The van der Waals surface area contributed by atoms with Crippen LogP contribution in [0.5, 0.6) is 11.5 Å². The summed E-state index contributed by atoms with van der Waals surface area (Å²) in [6.07, 6.45) is 12.9. The van der Waals surface area contributed by atoms with E-state index in [1.54, 1.807) is 24.4 Å². The molecule has 336 valence electrons. The number of hydrogen-bond donors (Lipinski definition) is 4. The van der Waals surface area contributed by atoms with Crippen LogP contribution in [-0.4, -0.2) is 77.0 Å². The van der Waals surface area contributed by atoms with Gasteiger partial charge >= 0.3 is 0 Å². The first kappa shape index (κ1) is 43.5. The van der Waals surface area contributed by atoms with Crippen molar-refractivity contribution < 1.29 is 28.0 Å². The van der Waals surface area contributed by atoms with Gasteiger partial charge < -0.3 is 25.0 Å². The number of aromatic nitrogens is 2. The fourth-order valence-corrected chi connectivity index (χ4v) is 11.6. The number of fused-ring (bicyclic) bond motifs is 1. The first-order chi connectivity index (χ1) is 30.7. The number of likely N-dealkylation sites (tertiary alicyclic amines) is 1. The summed E-state index contributed by atoms with van der Waals surface area (Å²) in [6, 6.07) is 22.1. The molecule has 14 nitrogen and oxygen atoms in total. The Bertz CT molecular complexity index is 2690. The molecule has 1 atom stereocenters. The third-order valence-corrected chi connectivity index (χ3v) is 15.7. The Morgan fingerprint density at radius 2 is 1.77 bits per heavy atom. The van der Waals surface area contributed by atoms with Crippen molar-refractivity contribution in [2.75, 3.05) is 36.4 Å². The number of aliphatic hydroxyl groups is 1. The zero-order valence-corrected chi connectivity index (χ0v) is 37.3. The highest BCUT2D eigenvalue weighted by Crippen LogP contribution is 2.54. The maximum atomic E-state index is 14.0. The molecule has 4 heterocycles. The van der Waals surface area contributed by atoms with Crippen LogP contribution >= 0.6 is 0 Å². The molecule has 2 aliphatic carbocycles. The number of rotatable bonds is 13. The first-order valence-corrected chi connectivity index (χ1v) is 24.0. The van der Waals surface area contributed by atoms with Crippen molar-refractivity contribution in [3.63, 3.8) is 0 Å². The van der Waals surface area contributed by atoms with Crippen molar-refractivity contribution in [2.24, 2.45) is 11.3 Å². The summed E-state index contributed by atoms with van der Waals surface area (Å²) in [5.41, 5.74) is 4.60. The maximum Gasteiger partial charge on any atom is 0.293 e. The summed E-state index contributed by atoms with van der Waals surface area (Å²) in [4.78, 5) is 37.6. The van der Waals surface area contributed by atoms with Gasteiger partial charge in [0.15, 0.2) is 0 Å². The highest BCUT2D eigenvalue weighted by atomic mass is 32.2.